The fourth-order valence-corrected chi connectivity index (χ4v) is 5.77. The smallest absolute Gasteiger partial charge is 0.441 e. The molecule has 184 valence electrons. The highest BCUT2D eigenvalue weighted by molar-refractivity contribution is 14.1. The Balaban J connectivity index is 2.21. The summed E-state index contributed by atoms with van der Waals surface area (Å²) in [6.45, 7) is 10.5. The number of hydrogen-bond donors (Lipinski definition) is 1. The number of aromatic nitrogens is 1. The third kappa shape index (κ3) is 5.54. The lowest BCUT2D eigenvalue weighted by Crippen LogP contribution is -2.43. The fourth-order valence-electron chi connectivity index (χ4n) is 3.57. The normalized spacial score (nSPS) is 15.4. The number of rotatable bonds is 7. The molecule has 7 nitrogen and oxygen atoms in total. The molecular formula is C24H30FIN3O4S+. The van der Waals surface area contributed by atoms with Gasteiger partial charge in [-0.1, -0.05) is 14.6 Å². The van der Waals surface area contributed by atoms with Crippen LogP contribution < -0.4 is 15.2 Å². The summed E-state index contributed by atoms with van der Waals surface area (Å²) in [6, 6.07) is 6.11. The van der Waals surface area contributed by atoms with Gasteiger partial charge in [-0.3, -0.25) is 9.36 Å². The van der Waals surface area contributed by atoms with Crippen molar-refractivity contribution in [2.45, 2.75) is 57.3 Å². The number of hydrogen-bond acceptors (Lipinski definition) is 5. The van der Waals surface area contributed by atoms with E-state index in [1.165, 1.54) is 23.7 Å². The minimum absolute atomic E-state index is 0.118. The molecule has 1 fully saturated rings. The lowest BCUT2D eigenvalue weighted by molar-refractivity contribution is 0.0609. The second-order valence-corrected chi connectivity index (χ2v) is 12.6. The van der Waals surface area contributed by atoms with Crippen LogP contribution in [-0.4, -0.2) is 21.0 Å². The van der Waals surface area contributed by atoms with Crippen molar-refractivity contribution in [2.75, 3.05) is 9.62 Å². The van der Waals surface area contributed by atoms with Gasteiger partial charge in [0, 0.05) is 35.4 Å². The van der Waals surface area contributed by atoms with Gasteiger partial charge < -0.3 is 10.1 Å². The number of anilines is 3. The SMILES string of the molecule is C=CCC1([SH+](=O)N(C(=O)OC(C)(C)C)c2cc(C)c(=O)n(C)c2Nc2ccc(I)cc2F)CC1. The van der Waals surface area contributed by atoms with Crippen LogP contribution in [0.5, 0.6) is 0 Å². The average Bonchev–Trinajstić information content (AvgIpc) is 3.50. The Labute approximate surface area is 215 Å². The molecule has 1 heterocycles. The number of ether oxygens (including phenoxy) is 1. The molecule has 1 aliphatic rings. The van der Waals surface area contributed by atoms with Crippen molar-refractivity contribution in [1.29, 1.82) is 0 Å². The zero-order valence-electron chi connectivity index (χ0n) is 19.9. The van der Waals surface area contributed by atoms with Crippen LogP contribution in [0.4, 0.5) is 26.4 Å². The quantitative estimate of drug-likeness (QED) is 0.192. The van der Waals surface area contributed by atoms with Gasteiger partial charge in [-0.25, -0.2) is 9.18 Å². The molecule has 1 aliphatic carbocycles. The zero-order chi connectivity index (χ0) is 25.4. The molecule has 0 aliphatic heterocycles. The van der Waals surface area contributed by atoms with Gasteiger partial charge in [0.2, 0.25) is 0 Å². The molecule has 1 aromatic carbocycles. The van der Waals surface area contributed by atoms with Gasteiger partial charge in [-0.15, -0.1) is 6.58 Å². The van der Waals surface area contributed by atoms with E-state index in [-0.39, 0.29) is 22.8 Å². The largest absolute Gasteiger partial charge is 0.456 e. The molecule has 10 heteroatoms. The summed E-state index contributed by atoms with van der Waals surface area (Å²) in [4.78, 5) is 26.2. The summed E-state index contributed by atoms with van der Waals surface area (Å²) in [5.41, 5.74) is -0.526. The van der Waals surface area contributed by atoms with E-state index in [1.54, 1.807) is 45.9 Å². The maximum Gasteiger partial charge on any atom is 0.456 e. The summed E-state index contributed by atoms with van der Waals surface area (Å²) in [5, 5.41) is 2.95. The van der Waals surface area contributed by atoms with E-state index in [0.717, 1.165) is 4.31 Å². The summed E-state index contributed by atoms with van der Waals surface area (Å²) >= 11 is 2.00. The van der Waals surface area contributed by atoms with Gasteiger partial charge >= 0.3 is 6.09 Å². The maximum absolute atomic E-state index is 14.7. The Morgan fingerprint density at radius 1 is 1.38 bits per heavy atom. The van der Waals surface area contributed by atoms with Crippen LogP contribution in [-0.2, 0) is 27.0 Å². The summed E-state index contributed by atoms with van der Waals surface area (Å²) in [5.74, 6) is -0.385. The second-order valence-electron chi connectivity index (χ2n) is 9.46. The molecule has 1 unspecified atom stereocenters. The van der Waals surface area contributed by atoms with E-state index in [4.69, 9.17) is 4.74 Å². The monoisotopic (exact) mass is 602 g/mol. The zero-order valence-corrected chi connectivity index (χ0v) is 23.0. The standard InChI is InChI=1S/C24H29FIN3O4S/c1-7-10-24(11-12-24)34(32)29(22(31)33-23(3,4)5)19-13-15(2)21(30)28(6)20(19)27-18-9-8-16(26)14-17(18)25/h7-9,13-14,27H,1,10-12H2,2-6H3/p+1. The number of carbonyl (C=O) groups is 1. The van der Waals surface area contributed by atoms with Crippen LogP contribution >= 0.6 is 22.6 Å². The Morgan fingerprint density at radius 3 is 2.56 bits per heavy atom. The molecule has 0 bridgehead atoms. The Morgan fingerprint density at radius 2 is 2.03 bits per heavy atom. The molecule has 3 rings (SSSR count). The lowest BCUT2D eigenvalue weighted by Gasteiger charge is -2.27. The van der Waals surface area contributed by atoms with Crippen LogP contribution in [0.3, 0.4) is 0 Å². The number of halogens is 2. The summed E-state index contributed by atoms with van der Waals surface area (Å²) in [6.07, 6.45) is 2.72. The van der Waals surface area contributed by atoms with Crippen molar-refractivity contribution in [3.05, 3.63) is 62.2 Å². The number of nitrogens with zero attached hydrogens (tertiary/aromatic N) is 2. The fraction of sp³-hybridized carbons (Fsp3) is 0.417. The first-order valence-corrected chi connectivity index (χ1v) is 13.1. The predicted octanol–water partition coefficient (Wildman–Crippen LogP) is 5.64. The molecule has 0 saturated heterocycles. The highest BCUT2D eigenvalue weighted by atomic mass is 127. The summed E-state index contributed by atoms with van der Waals surface area (Å²) in [7, 11) is -0.785. The number of carbonyl (C=O) groups excluding carboxylic acids is 1. The number of allylic oxidation sites excluding steroid dienone is 1. The molecule has 1 N–H and O–H groups in total. The summed E-state index contributed by atoms with van der Waals surface area (Å²) < 4.78 is 36.7. The first-order valence-electron chi connectivity index (χ1n) is 10.8. The Kier molecular flexibility index (Phi) is 7.61. The topological polar surface area (TPSA) is 80.6 Å². The lowest BCUT2D eigenvalue weighted by atomic mass is 10.2. The van der Waals surface area contributed by atoms with E-state index in [9.17, 15) is 18.2 Å². The van der Waals surface area contributed by atoms with E-state index in [1.807, 2.05) is 22.6 Å². The average molecular weight is 602 g/mol. The van der Waals surface area contributed by atoms with Crippen LogP contribution in [0.25, 0.3) is 0 Å². The molecule has 1 saturated carbocycles. The molecule has 34 heavy (non-hydrogen) atoms. The number of nitrogens with one attached hydrogen (secondary N) is 1. The van der Waals surface area contributed by atoms with Crippen molar-refractivity contribution in [2.24, 2.45) is 7.05 Å². The van der Waals surface area contributed by atoms with Crippen molar-refractivity contribution >= 4 is 56.9 Å². The minimum atomic E-state index is -2.30. The molecule has 1 atom stereocenters. The number of thiol groups is 1. The number of pyridine rings is 1. The van der Waals surface area contributed by atoms with E-state index in [0.29, 0.717) is 28.4 Å². The molecule has 1 aromatic heterocycles. The third-order valence-electron chi connectivity index (χ3n) is 5.49. The molecule has 0 spiro atoms. The van der Waals surface area contributed by atoms with Crippen LogP contribution in [0.15, 0.2) is 41.7 Å². The minimum Gasteiger partial charge on any atom is -0.441 e. The third-order valence-corrected chi connectivity index (χ3v) is 8.35. The van der Waals surface area contributed by atoms with Gasteiger partial charge in [0.1, 0.15) is 22.9 Å². The number of benzene rings is 1. The first-order chi connectivity index (χ1) is 15.8. The number of aryl methyl sites for hydroxylation is 1. The highest BCUT2D eigenvalue weighted by Crippen LogP contribution is 2.48. The van der Waals surface area contributed by atoms with Gasteiger partial charge in [0.05, 0.1) is 5.69 Å². The first kappa shape index (κ1) is 26.4. The Hall–Kier alpha value is -2.21. The van der Waals surface area contributed by atoms with Crippen molar-refractivity contribution in [1.82, 2.24) is 4.57 Å². The van der Waals surface area contributed by atoms with Crippen molar-refractivity contribution in [3.63, 3.8) is 0 Å². The van der Waals surface area contributed by atoms with Crippen LogP contribution in [0, 0.1) is 16.3 Å². The molecule has 0 radical (unpaired) electrons. The molecular weight excluding hydrogens is 572 g/mol. The Bertz CT molecular complexity index is 1220. The van der Waals surface area contributed by atoms with Crippen LogP contribution in [0.2, 0.25) is 0 Å². The van der Waals surface area contributed by atoms with Crippen molar-refractivity contribution < 1.29 is 18.1 Å². The number of amides is 1. The van der Waals surface area contributed by atoms with Gasteiger partial charge in [-0.2, -0.15) is 0 Å². The second kappa shape index (κ2) is 9.80. The van der Waals surface area contributed by atoms with E-state index < -0.39 is 33.2 Å². The van der Waals surface area contributed by atoms with E-state index >= 15 is 0 Å². The van der Waals surface area contributed by atoms with Gasteiger partial charge in [0.25, 0.3) is 5.56 Å². The predicted molar refractivity (Wildman–Crippen MR) is 144 cm³/mol. The molecule has 1 amide bonds. The van der Waals surface area contributed by atoms with Crippen molar-refractivity contribution in [3.8, 4) is 0 Å². The molecule has 2 aromatic rings. The maximum atomic E-state index is 14.7. The highest BCUT2D eigenvalue weighted by Gasteiger charge is 2.58. The van der Waals surface area contributed by atoms with Gasteiger partial charge in [0.15, 0.2) is 15.7 Å². The van der Waals surface area contributed by atoms with Gasteiger partial charge in [-0.05, 0) is 74.6 Å². The van der Waals surface area contributed by atoms with E-state index in [2.05, 4.69) is 11.9 Å². The van der Waals surface area contributed by atoms with Crippen LogP contribution in [0.1, 0.15) is 45.6 Å².